The first-order valence-corrected chi connectivity index (χ1v) is 22.7. The molecule has 2 aliphatic rings. The number of aromatic nitrogens is 2. The minimum Gasteiger partial charge on any atom is -0.480 e. The molecule has 344 valence electrons. The molecule has 1 aromatic carbocycles. The summed E-state index contributed by atoms with van der Waals surface area (Å²) >= 11 is 0. The van der Waals surface area contributed by atoms with Crippen LogP contribution in [-0.2, 0) is 41.6 Å². The number of aliphatic carboxylic acids is 1. The second-order valence-corrected chi connectivity index (χ2v) is 18.0. The van der Waals surface area contributed by atoms with E-state index in [-0.39, 0.29) is 49.8 Å². The van der Waals surface area contributed by atoms with Crippen LogP contribution in [0.3, 0.4) is 0 Å². The van der Waals surface area contributed by atoms with Crippen molar-refractivity contribution in [1.29, 1.82) is 0 Å². The number of likely N-dealkylation sites (N-methyl/N-ethyl adjacent to an activating group) is 1. The van der Waals surface area contributed by atoms with Crippen molar-refractivity contribution in [3.05, 3.63) is 54.1 Å². The van der Waals surface area contributed by atoms with Gasteiger partial charge in [0.1, 0.15) is 24.2 Å². The summed E-state index contributed by atoms with van der Waals surface area (Å²) in [5.74, 6) is -3.25. The van der Waals surface area contributed by atoms with Crippen molar-refractivity contribution in [1.82, 2.24) is 35.7 Å². The average Bonchev–Trinajstić information content (AvgIpc) is 3.98. The number of hydrogen-bond donors (Lipinski definition) is 7. The lowest BCUT2D eigenvalue weighted by molar-refractivity contribution is -0.144. The number of imidazole rings is 1. The van der Waals surface area contributed by atoms with E-state index in [4.69, 9.17) is 5.73 Å². The molecule has 5 amide bonds. The summed E-state index contributed by atoms with van der Waals surface area (Å²) in [6.07, 6.45) is 9.67. The van der Waals surface area contributed by atoms with Gasteiger partial charge in [0.2, 0.25) is 29.5 Å². The molecule has 2 heterocycles. The molecule has 0 bridgehead atoms. The molecule has 1 saturated heterocycles. The first-order chi connectivity index (χ1) is 29.6. The van der Waals surface area contributed by atoms with Crippen molar-refractivity contribution in [3.63, 3.8) is 0 Å². The lowest BCUT2D eigenvalue weighted by Crippen LogP contribution is -2.59. The van der Waals surface area contributed by atoms with Crippen molar-refractivity contribution >= 4 is 35.5 Å². The number of carboxylic acid groups (broad SMARTS) is 1. The van der Waals surface area contributed by atoms with E-state index in [0.29, 0.717) is 44.0 Å². The minimum atomic E-state index is -1.22. The minimum absolute atomic E-state index is 0.0579. The van der Waals surface area contributed by atoms with Gasteiger partial charge < -0.3 is 46.7 Å². The summed E-state index contributed by atoms with van der Waals surface area (Å²) in [4.78, 5) is 91.4. The zero-order chi connectivity index (χ0) is 45.3. The van der Waals surface area contributed by atoms with E-state index in [1.54, 1.807) is 6.20 Å². The van der Waals surface area contributed by atoms with Crippen molar-refractivity contribution < 1.29 is 39.0 Å². The number of aliphatic hydroxyl groups excluding tert-OH is 1. The number of carbonyl (C=O) groups is 6. The molecular formula is C46H72N8O8. The fraction of sp³-hybridized carbons (Fsp3) is 0.674. The Balaban J connectivity index is 1.60. The predicted molar refractivity (Wildman–Crippen MR) is 235 cm³/mol. The van der Waals surface area contributed by atoms with Crippen LogP contribution in [0, 0.1) is 23.7 Å². The molecule has 0 unspecified atom stereocenters. The topological polar surface area (TPSA) is 240 Å². The van der Waals surface area contributed by atoms with Crippen LogP contribution in [0.25, 0.3) is 0 Å². The summed E-state index contributed by atoms with van der Waals surface area (Å²) in [5, 5.41) is 30.3. The molecule has 0 radical (unpaired) electrons. The Morgan fingerprint density at radius 3 is 2.31 bits per heavy atom. The van der Waals surface area contributed by atoms with Crippen LogP contribution in [0.1, 0.15) is 116 Å². The van der Waals surface area contributed by atoms with Crippen LogP contribution in [0.4, 0.5) is 0 Å². The number of amides is 5. The predicted octanol–water partition coefficient (Wildman–Crippen LogP) is 3.33. The Labute approximate surface area is 366 Å². The molecular weight excluding hydrogens is 793 g/mol. The number of rotatable bonds is 24. The van der Waals surface area contributed by atoms with Gasteiger partial charge in [0.05, 0.1) is 18.5 Å². The van der Waals surface area contributed by atoms with Crippen molar-refractivity contribution in [2.24, 2.45) is 29.4 Å². The maximum Gasteiger partial charge on any atom is 0.320 e. The fourth-order valence-corrected chi connectivity index (χ4v) is 8.64. The van der Waals surface area contributed by atoms with Gasteiger partial charge >= 0.3 is 5.97 Å². The zero-order valence-corrected chi connectivity index (χ0v) is 37.4. The second-order valence-electron chi connectivity index (χ2n) is 18.0. The van der Waals surface area contributed by atoms with E-state index in [0.717, 1.165) is 44.1 Å². The van der Waals surface area contributed by atoms with Crippen LogP contribution in [-0.4, -0.2) is 122 Å². The number of nitrogens with zero attached hydrogens (tertiary/aromatic N) is 3. The number of aromatic amines is 1. The maximum absolute atomic E-state index is 14.8. The number of carboxylic acids is 1. The Morgan fingerprint density at radius 1 is 0.968 bits per heavy atom. The maximum atomic E-state index is 14.8. The summed E-state index contributed by atoms with van der Waals surface area (Å²) < 4.78 is 0. The molecule has 16 nitrogen and oxygen atoms in total. The Hall–Kier alpha value is -4.83. The van der Waals surface area contributed by atoms with Crippen molar-refractivity contribution in [3.8, 4) is 0 Å². The van der Waals surface area contributed by atoms with Crippen molar-refractivity contribution in [2.75, 3.05) is 20.1 Å². The van der Waals surface area contributed by atoms with Gasteiger partial charge in [-0.3, -0.25) is 28.8 Å². The number of nitrogens with two attached hydrogens (primary N) is 1. The molecule has 8 N–H and O–H groups in total. The van der Waals surface area contributed by atoms with Crippen LogP contribution in [0.15, 0.2) is 42.9 Å². The number of H-pyrrole nitrogens is 1. The van der Waals surface area contributed by atoms with Gasteiger partial charge in [-0.25, -0.2) is 4.98 Å². The number of benzene rings is 1. The number of likely N-dealkylation sites (tertiary alicyclic amines) is 1. The van der Waals surface area contributed by atoms with Gasteiger partial charge in [-0.15, -0.1) is 0 Å². The summed E-state index contributed by atoms with van der Waals surface area (Å²) in [6.45, 7) is 8.91. The summed E-state index contributed by atoms with van der Waals surface area (Å²) in [6, 6.07) is 4.16. The third-order valence-corrected chi connectivity index (χ3v) is 12.9. The SMILES string of the molecule is CC[C@H](C)CNC(=O)[C@@H](C[C@H](O)[C@H](CC1CCCCC1)NC(=O)[C@H](Cc1cnc[nH]1)N(C)C(=O)[C@H](Cc1ccccc1)NC(=O)[C@@H]1CCCN1C(=O)CC[C@H](N)C(=O)O)C(C)C. The summed E-state index contributed by atoms with van der Waals surface area (Å²) in [5.41, 5.74) is 7.00. The van der Waals surface area contributed by atoms with Gasteiger partial charge in [-0.1, -0.05) is 96.6 Å². The second kappa shape index (κ2) is 24.7. The van der Waals surface area contributed by atoms with E-state index in [1.165, 1.54) is 23.2 Å². The largest absolute Gasteiger partial charge is 0.480 e. The molecule has 1 saturated carbocycles. The highest BCUT2D eigenvalue weighted by molar-refractivity contribution is 5.95. The molecule has 2 aromatic rings. The van der Waals surface area contributed by atoms with Gasteiger partial charge in [0, 0.05) is 57.2 Å². The average molecular weight is 865 g/mol. The molecule has 8 atom stereocenters. The monoisotopic (exact) mass is 865 g/mol. The molecule has 1 aromatic heterocycles. The number of aliphatic hydroxyl groups is 1. The number of hydrogen-bond acceptors (Lipinski definition) is 9. The first kappa shape index (κ1) is 49.8. The quantitative estimate of drug-likeness (QED) is 0.0813. The van der Waals surface area contributed by atoms with Gasteiger partial charge in [0.15, 0.2) is 0 Å². The lowest BCUT2D eigenvalue weighted by Gasteiger charge is -2.35. The highest BCUT2D eigenvalue weighted by Crippen LogP contribution is 2.30. The van der Waals surface area contributed by atoms with E-state index >= 15 is 0 Å². The van der Waals surface area contributed by atoms with Crippen molar-refractivity contribution in [2.45, 2.75) is 154 Å². The molecule has 16 heteroatoms. The Kier molecular flexibility index (Phi) is 19.9. The smallest absolute Gasteiger partial charge is 0.320 e. The van der Waals surface area contributed by atoms with E-state index in [9.17, 15) is 39.0 Å². The van der Waals surface area contributed by atoms with Gasteiger partial charge in [0.25, 0.3) is 0 Å². The van der Waals surface area contributed by atoms with E-state index < -0.39 is 71.8 Å². The Bertz CT molecular complexity index is 1740. The van der Waals surface area contributed by atoms with Gasteiger partial charge in [-0.05, 0) is 55.4 Å². The third-order valence-electron chi connectivity index (χ3n) is 12.9. The fourth-order valence-electron chi connectivity index (χ4n) is 8.64. The van der Waals surface area contributed by atoms with Crippen LogP contribution < -0.4 is 21.7 Å². The third kappa shape index (κ3) is 14.9. The molecule has 4 rings (SSSR count). The van der Waals surface area contributed by atoms with Crippen LogP contribution in [0.2, 0.25) is 0 Å². The summed E-state index contributed by atoms with van der Waals surface area (Å²) in [7, 11) is 1.52. The van der Waals surface area contributed by atoms with Gasteiger partial charge in [-0.2, -0.15) is 0 Å². The zero-order valence-electron chi connectivity index (χ0n) is 37.4. The highest BCUT2D eigenvalue weighted by Gasteiger charge is 2.39. The van der Waals surface area contributed by atoms with Crippen LogP contribution >= 0.6 is 0 Å². The molecule has 62 heavy (non-hydrogen) atoms. The standard InChI is InChI=1S/C46H72N8O8/c1-6-30(4)26-49-42(57)34(29(2)3)25-40(55)36(22-31-14-9-7-10-15-31)51-44(59)39(24-33-27-48-28-50-33)53(5)45(60)37(23-32-16-11-8-12-17-32)52-43(58)38-18-13-21-54(38)41(56)20-19-35(47)46(61)62/h8,11-12,16-17,27-31,34-40,55H,6-7,9-10,13-15,18-26,47H2,1-5H3,(H,48,50)(H,49,57)(H,51,59)(H,52,58)(H,61,62)/t30-,34-,35-,36-,37-,38-,39-,40-/m0/s1. The number of nitrogens with one attached hydrogen (secondary N) is 4. The highest BCUT2D eigenvalue weighted by atomic mass is 16.4. The first-order valence-electron chi connectivity index (χ1n) is 22.7. The van der Waals surface area contributed by atoms with Crippen LogP contribution in [0.5, 0.6) is 0 Å². The molecule has 1 aliphatic carbocycles. The van der Waals surface area contributed by atoms with E-state index in [1.807, 2.05) is 44.2 Å². The molecule has 2 fully saturated rings. The van der Waals surface area contributed by atoms with E-state index in [2.05, 4.69) is 39.8 Å². The molecule has 1 aliphatic heterocycles. The Morgan fingerprint density at radius 2 is 1.68 bits per heavy atom. The normalized spacial score (nSPS) is 19.1. The number of carbonyl (C=O) groups excluding carboxylic acids is 5. The molecule has 0 spiro atoms. The lowest BCUT2D eigenvalue weighted by atomic mass is 9.81.